The van der Waals surface area contributed by atoms with E-state index in [1.54, 1.807) is 0 Å². The lowest BCUT2D eigenvalue weighted by atomic mass is 9.64. The topological polar surface area (TPSA) is 3.24 Å². The van der Waals surface area contributed by atoms with Gasteiger partial charge >= 0.3 is 0 Å². The van der Waals surface area contributed by atoms with Crippen molar-refractivity contribution < 1.29 is 0 Å². The lowest BCUT2D eigenvalue weighted by Gasteiger charge is -2.45. The Morgan fingerprint density at radius 1 is 0.485 bits per heavy atom. The van der Waals surface area contributed by atoms with Gasteiger partial charge in [0.25, 0.3) is 0 Å². The van der Waals surface area contributed by atoms with Crippen LogP contribution >= 0.6 is 11.6 Å². The number of halogens is 1. The molecule has 0 saturated heterocycles. The molecular weight excluding hydrogens is 422 g/mol. The molecular formula is C31H20ClN. The Hall–Kier alpha value is -3.81. The van der Waals surface area contributed by atoms with Gasteiger partial charge in [-0.25, -0.2) is 0 Å². The maximum Gasteiger partial charge on any atom is 0.0754 e. The molecule has 0 amide bonds. The Labute approximate surface area is 198 Å². The molecule has 0 radical (unpaired) electrons. The van der Waals surface area contributed by atoms with Crippen molar-refractivity contribution in [2.45, 2.75) is 5.41 Å². The van der Waals surface area contributed by atoms with Crippen molar-refractivity contribution >= 4 is 28.7 Å². The molecule has 0 fully saturated rings. The average Bonchev–Trinajstić information content (AvgIpc) is 3.17. The summed E-state index contributed by atoms with van der Waals surface area (Å²) >= 11 is 6.69. The van der Waals surface area contributed by atoms with E-state index in [1.807, 2.05) is 6.07 Å². The van der Waals surface area contributed by atoms with Crippen molar-refractivity contribution in [1.82, 2.24) is 0 Å². The molecule has 0 atom stereocenters. The second-order valence-corrected chi connectivity index (χ2v) is 9.13. The van der Waals surface area contributed by atoms with Crippen LogP contribution in [0.15, 0.2) is 121 Å². The summed E-state index contributed by atoms with van der Waals surface area (Å²) < 4.78 is 0. The second-order valence-electron chi connectivity index (χ2n) is 8.69. The third-order valence-electron chi connectivity index (χ3n) is 7.12. The van der Waals surface area contributed by atoms with Gasteiger partial charge < -0.3 is 4.90 Å². The van der Waals surface area contributed by atoms with Crippen LogP contribution in [-0.2, 0) is 5.41 Å². The van der Waals surface area contributed by atoms with Gasteiger partial charge in [0.15, 0.2) is 0 Å². The van der Waals surface area contributed by atoms with Crippen molar-refractivity contribution in [2.24, 2.45) is 0 Å². The minimum atomic E-state index is -0.421. The van der Waals surface area contributed by atoms with Gasteiger partial charge in [0.1, 0.15) is 0 Å². The van der Waals surface area contributed by atoms with E-state index in [4.69, 9.17) is 11.6 Å². The zero-order valence-corrected chi connectivity index (χ0v) is 18.6. The monoisotopic (exact) mass is 441 g/mol. The quantitative estimate of drug-likeness (QED) is 0.247. The van der Waals surface area contributed by atoms with Crippen LogP contribution in [-0.4, -0.2) is 0 Å². The Balaban J connectivity index is 1.68. The zero-order chi connectivity index (χ0) is 22.0. The predicted molar refractivity (Wildman–Crippen MR) is 137 cm³/mol. The molecule has 5 aromatic rings. The molecule has 156 valence electrons. The minimum absolute atomic E-state index is 0.421. The first-order chi connectivity index (χ1) is 16.3. The van der Waals surface area contributed by atoms with Crippen molar-refractivity contribution in [3.8, 4) is 11.1 Å². The van der Waals surface area contributed by atoms with Crippen LogP contribution in [0.4, 0.5) is 17.1 Å². The van der Waals surface area contributed by atoms with Crippen molar-refractivity contribution in [3.63, 3.8) is 0 Å². The van der Waals surface area contributed by atoms with Crippen LogP contribution in [0.1, 0.15) is 22.3 Å². The van der Waals surface area contributed by atoms with E-state index in [-0.39, 0.29) is 0 Å². The van der Waals surface area contributed by atoms with Crippen LogP contribution in [0.5, 0.6) is 0 Å². The number of hydrogen-bond acceptors (Lipinski definition) is 1. The molecule has 0 saturated carbocycles. The van der Waals surface area contributed by atoms with E-state index < -0.39 is 5.41 Å². The lowest BCUT2D eigenvalue weighted by Crippen LogP contribution is -2.36. The van der Waals surface area contributed by atoms with Gasteiger partial charge in [0.05, 0.1) is 16.8 Å². The Morgan fingerprint density at radius 2 is 1.03 bits per heavy atom. The third kappa shape index (κ3) is 2.38. The van der Waals surface area contributed by atoms with E-state index >= 15 is 0 Å². The number of hydrogen-bond donors (Lipinski definition) is 0. The predicted octanol–water partition coefficient (Wildman–Crippen LogP) is 8.49. The van der Waals surface area contributed by atoms with E-state index in [9.17, 15) is 0 Å². The highest BCUT2D eigenvalue weighted by molar-refractivity contribution is 6.30. The number of benzene rings is 5. The highest BCUT2D eigenvalue weighted by atomic mass is 35.5. The SMILES string of the molecule is Clc1ccc2c(c1)C1(c3ccccc3-c3ccccc31)c1ccccc1N2c1ccccc1. The number of fused-ring (bicyclic) bond motifs is 9. The highest BCUT2D eigenvalue weighted by Gasteiger charge is 2.51. The van der Waals surface area contributed by atoms with Crippen molar-refractivity contribution in [1.29, 1.82) is 0 Å². The number of para-hydroxylation sites is 2. The van der Waals surface area contributed by atoms with Gasteiger partial charge in [-0.3, -0.25) is 0 Å². The second kappa shape index (κ2) is 6.84. The first-order valence-electron chi connectivity index (χ1n) is 11.2. The van der Waals surface area contributed by atoms with Gasteiger partial charge in [-0.15, -0.1) is 0 Å². The first-order valence-corrected chi connectivity index (χ1v) is 11.6. The average molecular weight is 442 g/mol. The largest absolute Gasteiger partial charge is 0.310 e. The Kier molecular flexibility index (Phi) is 3.88. The van der Waals surface area contributed by atoms with Crippen LogP contribution in [0.3, 0.4) is 0 Å². The number of nitrogens with zero attached hydrogens (tertiary/aromatic N) is 1. The summed E-state index contributed by atoms with van der Waals surface area (Å²) in [5.41, 5.74) is 10.8. The maximum atomic E-state index is 6.69. The molecule has 7 rings (SSSR count). The number of rotatable bonds is 1. The Morgan fingerprint density at radius 3 is 1.73 bits per heavy atom. The molecule has 1 spiro atoms. The third-order valence-corrected chi connectivity index (χ3v) is 7.35. The summed E-state index contributed by atoms with van der Waals surface area (Å²) in [6.07, 6.45) is 0. The lowest BCUT2D eigenvalue weighted by molar-refractivity contribution is 0.752. The normalized spacial score (nSPS) is 14.4. The maximum absolute atomic E-state index is 6.69. The highest BCUT2D eigenvalue weighted by Crippen LogP contribution is 2.63. The van der Waals surface area contributed by atoms with Gasteiger partial charge in [0, 0.05) is 10.7 Å². The first kappa shape index (κ1) is 18.7. The summed E-state index contributed by atoms with van der Waals surface area (Å²) in [4.78, 5) is 2.37. The Bertz CT molecular complexity index is 1490. The smallest absolute Gasteiger partial charge is 0.0754 e. The van der Waals surface area contributed by atoms with E-state index in [0.29, 0.717) is 0 Å². The molecule has 2 aliphatic rings. The van der Waals surface area contributed by atoms with Crippen LogP contribution in [0.2, 0.25) is 5.02 Å². The molecule has 1 aliphatic heterocycles. The van der Waals surface area contributed by atoms with Crippen molar-refractivity contribution in [3.05, 3.63) is 149 Å². The molecule has 1 aliphatic carbocycles. The molecule has 2 heteroatoms. The minimum Gasteiger partial charge on any atom is -0.310 e. The van der Waals surface area contributed by atoms with Gasteiger partial charge in [0.2, 0.25) is 0 Å². The van der Waals surface area contributed by atoms with Gasteiger partial charge in [-0.1, -0.05) is 96.5 Å². The molecule has 0 bridgehead atoms. The van der Waals surface area contributed by atoms with Crippen LogP contribution in [0, 0.1) is 0 Å². The standard InChI is InChI=1S/C31H20ClN/c32-21-18-19-30-28(20-21)31(25-14-6-4-12-23(25)24-13-5-7-15-26(24)31)27-16-8-9-17-29(27)33(30)22-10-2-1-3-11-22/h1-20H. The number of anilines is 3. The van der Waals surface area contributed by atoms with Crippen LogP contribution in [0.25, 0.3) is 11.1 Å². The summed E-state index contributed by atoms with van der Waals surface area (Å²) in [5.74, 6) is 0. The van der Waals surface area contributed by atoms with E-state index in [0.717, 1.165) is 16.4 Å². The van der Waals surface area contributed by atoms with E-state index in [1.165, 1.54) is 39.1 Å². The zero-order valence-electron chi connectivity index (χ0n) is 17.9. The summed E-state index contributed by atoms with van der Waals surface area (Å²) in [5, 5.41) is 0.752. The molecule has 1 nitrogen and oxygen atoms in total. The molecule has 1 heterocycles. The van der Waals surface area contributed by atoms with Gasteiger partial charge in [-0.05, 0) is 69.8 Å². The molecule has 0 aromatic heterocycles. The fourth-order valence-corrected chi connectivity index (χ4v) is 6.11. The molecule has 0 N–H and O–H groups in total. The summed E-state index contributed by atoms with van der Waals surface area (Å²) in [7, 11) is 0. The molecule has 0 unspecified atom stereocenters. The van der Waals surface area contributed by atoms with Crippen molar-refractivity contribution in [2.75, 3.05) is 4.90 Å². The molecule has 5 aromatic carbocycles. The molecule has 33 heavy (non-hydrogen) atoms. The fourth-order valence-electron chi connectivity index (χ4n) is 5.93. The fraction of sp³-hybridized carbons (Fsp3) is 0.0323. The van der Waals surface area contributed by atoms with Crippen LogP contribution < -0.4 is 4.90 Å². The van der Waals surface area contributed by atoms with Gasteiger partial charge in [-0.2, -0.15) is 0 Å². The van der Waals surface area contributed by atoms with E-state index in [2.05, 4.69) is 120 Å². The summed E-state index contributed by atoms with van der Waals surface area (Å²) in [6.45, 7) is 0. The summed E-state index contributed by atoms with van der Waals surface area (Å²) in [6, 6.07) is 43.4.